The van der Waals surface area contributed by atoms with Gasteiger partial charge in [-0.2, -0.15) is 0 Å². The lowest BCUT2D eigenvalue weighted by Crippen LogP contribution is -2.43. The van der Waals surface area contributed by atoms with E-state index in [-0.39, 0.29) is 18.3 Å². The molecule has 3 N–H and O–H groups in total. The molecule has 0 aliphatic rings. The van der Waals surface area contributed by atoms with Gasteiger partial charge in [-0.15, -0.1) is 11.6 Å². The smallest absolute Gasteiger partial charge is 0.321 e. The second-order valence-electron chi connectivity index (χ2n) is 2.04. The zero-order chi connectivity index (χ0) is 10.3. The minimum atomic E-state index is -0.741. The van der Waals surface area contributed by atoms with Crippen LogP contribution >= 0.6 is 11.6 Å². The van der Waals surface area contributed by atoms with Crippen LogP contribution in [-0.2, 0) is 9.59 Å². The van der Waals surface area contributed by atoms with Crippen molar-refractivity contribution in [3.05, 3.63) is 0 Å². The summed E-state index contributed by atoms with van der Waals surface area (Å²) in [5.41, 5.74) is 0. The van der Waals surface area contributed by atoms with Crippen LogP contribution in [0.25, 0.3) is 0 Å². The molecule has 13 heavy (non-hydrogen) atoms. The van der Waals surface area contributed by atoms with E-state index in [0.29, 0.717) is 0 Å². The maximum Gasteiger partial charge on any atom is 0.321 e. The van der Waals surface area contributed by atoms with Crippen LogP contribution in [-0.4, -0.2) is 37.3 Å². The summed E-state index contributed by atoms with van der Waals surface area (Å²) in [5.74, 6) is -1.27. The van der Waals surface area contributed by atoms with Crippen LogP contribution in [0.2, 0.25) is 0 Å². The number of hydrogen-bond donors (Lipinski definition) is 3. The van der Waals surface area contributed by atoms with Crippen LogP contribution in [0.15, 0.2) is 0 Å². The van der Waals surface area contributed by atoms with Gasteiger partial charge in [0, 0.05) is 7.05 Å². The number of carbonyl (C=O) groups is 3. The van der Waals surface area contributed by atoms with Crippen molar-refractivity contribution in [3.63, 3.8) is 0 Å². The van der Waals surface area contributed by atoms with Crippen LogP contribution in [0.3, 0.4) is 0 Å². The second-order valence-corrected chi connectivity index (χ2v) is 2.30. The van der Waals surface area contributed by atoms with Crippen molar-refractivity contribution in [2.75, 3.05) is 19.5 Å². The van der Waals surface area contributed by atoms with E-state index in [1.54, 1.807) is 0 Å². The van der Waals surface area contributed by atoms with Gasteiger partial charge in [0.05, 0.1) is 6.54 Å². The first-order valence-corrected chi connectivity index (χ1v) is 3.97. The Hall–Kier alpha value is -1.30. The second kappa shape index (κ2) is 6.24. The highest BCUT2D eigenvalue weighted by molar-refractivity contribution is 6.28. The highest BCUT2D eigenvalue weighted by Gasteiger charge is 2.06. The zero-order valence-electron chi connectivity index (χ0n) is 7.02. The van der Waals surface area contributed by atoms with E-state index in [4.69, 9.17) is 11.6 Å². The number of hydrogen-bond acceptors (Lipinski definition) is 3. The first-order chi connectivity index (χ1) is 6.10. The Morgan fingerprint density at radius 2 is 1.85 bits per heavy atom. The summed E-state index contributed by atoms with van der Waals surface area (Å²) in [7, 11) is 1.44. The molecule has 0 aromatic carbocycles. The van der Waals surface area contributed by atoms with Crippen LogP contribution in [0.1, 0.15) is 0 Å². The van der Waals surface area contributed by atoms with Crippen molar-refractivity contribution < 1.29 is 14.4 Å². The summed E-state index contributed by atoms with van der Waals surface area (Å²) in [6.45, 7) is -0.183. The predicted molar refractivity (Wildman–Crippen MR) is 46.3 cm³/mol. The van der Waals surface area contributed by atoms with Crippen molar-refractivity contribution in [1.29, 1.82) is 0 Å². The van der Waals surface area contributed by atoms with Crippen molar-refractivity contribution >= 4 is 29.4 Å². The highest BCUT2D eigenvalue weighted by atomic mass is 35.5. The van der Waals surface area contributed by atoms with Gasteiger partial charge in [0.2, 0.25) is 11.8 Å². The number of carbonyl (C=O) groups excluding carboxylic acids is 3. The number of alkyl halides is 1. The molecule has 0 unspecified atom stereocenters. The number of urea groups is 1. The third-order valence-electron chi connectivity index (χ3n) is 1.06. The molecule has 4 amide bonds. The van der Waals surface area contributed by atoms with Gasteiger partial charge in [0.15, 0.2) is 0 Å². The Labute approximate surface area is 80.0 Å². The highest BCUT2D eigenvalue weighted by Crippen LogP contribution is 1.74. The molecule has 0 saturated heterocycles. The lowest BCUT2D eigenvalue weighted by molar-refractivity contribution is -0.120. The molecular formula is C6H10ClN3O3. The minimum absolute atomic E-state index is 0.183. The number of nitrogens with one attached hydrogen (secondary N) is 3. The third kappa shape index (κ3) is 5.92. The van der Waals surface area contributed by atoms with Gasteiger partial charge < -0.3 is 10.6 Å². The lowest BCUT2D eigenvalue weighted by Gasteiger charge is -2.03. The molecule has 0 atom stereocenters. The van der Waals surface area contributed by atoms with Gasteiger partial charge in [0.1, 0.15) is 5.88 Å². The van der Waals surface area contributed by atoms with Crippen LogP contribution in [0.5, 0.6) is 0 Å². The molecule has 0 bridgehead atoms. The number of imide groups is 1. The maximum atomic E-state index is 10.8. The Bertz CT molecular complexity index is 219. The number of halogens is 1. The van der Waals surface area contributed by atoms with Crippen LogP contribution in [0, 0.1) is 0 Å². The number of rotatable bonds is 3. The Morgan fingerprint density at radius 1 is 1.23 bits per heavy atom. The molecule has 0 saturated carbocycles. The van der Waals surface area contributed by atoms with Crippen molar-refractivity contribution in [2.24, 2.45) is 0 Å². The fourth-order valence-corrected chi connectivity index (χ4v) is 0.520. The van der Waals surface area contributed by atoms with Gasteiger partial charge >= 0.3 is 6.03 Å². The largest absolute Gasteiger partial charge is 0.358 e. The maximum absolute atomic E-state index is 10.8. The summed E-state index contributed by atoms with van der Waals surface area (Å²) < 4.78 is 0. The first-order valence-electron chi connectivity index (χ1n) is 3.44. The zero-order valence-corrected chi connectivity index (χ0v) is 7.77. The fraction of sp³-hybridized carbons (Fsp3) is 0.500. The molecule has 0 aromatic rings. The topological polar surface area (TPSA) is 87.3 Å². The lowest BCUT2D eigenvalue weighted by atomic mass is 10.6. The van der Waals surface area contributed by atoms with E-state index in [0.717, 1.165) is 0 Å². The summed E-state index contributed by atoms with van der Waals surface area (Å²) in [4.78, 5) is 31.9. The number of amides is 4. The van der Waals surface area contributed by atoms with E-state index in [1.807, 2.05) is 5.32 Å². The van der Waals surface area contributed by atoms with E-state index >= 15 is 0 Å². The minimum Gasteiger partial charge on any atom is -0.358 e. The first kappa shape index (κ1) is 11.7. The summed E-state index contributed by atoms with van der Waals surface area (Å²) >= 11 is 5.11. The van der Waals surface area contributed by atoms with Crippen molar-refractivity contribution in [2.45, 2.75) is 0 Å². The molecule has 0 aliphatic carbocycles. The average molecular weight is 208 g/mol. The van der Waals surface area contributed by atoms with Gasteiger partial charge in [-0.25, -0.2) is 4.79 Å². The Balaban J connectivity index is 3.63. The monoisotopic (exact) mass is 207 g/mol. The van der Waals surface area contributed by atoms with Crippen LogP contribution < -0.4 is 16.0 Å². The van der Waals surface area contributed by atoms with E-state index in [1.165, 1.54) is 7.05 Å². The molecule has 0 aromatic heterocycles. The molecular weight excluding hydrogens is 198 g/mol. The molecule has 74 valence electrons. The fourth-order valence-electron chi connectivity index (χ4n) is 0.453. The third-order valence-corrected chi connectivity index (χ3v) is 1.31. The van der Waals surface area contributed by atoms with Gasteiger partial charge in [-0.05, 0) is 0 Å². The van der Waals surface area contributed by atoms with E-state index in [9.17, 15) is 14.4 Å². The quantitative estimate of drug-likeness (QED) is 0.508. The molecule has 0 radical (unpaired) electrons. The molecule has 0 heterocycles. The summed E-state index contributed by atoms with van der Waals surface area (Å²) in [6.07, 6.45) is 0. The predicted octanol–water partition coefficient (Wildman–Crippen LogP) is -1.20. The molecule has 0 aliphatic heterocycles. The van der Waals surface area contributed by atoms with Gasteiger partial charge in [-0.1, -0.05) is 0 Å². The van der Waals surface area contributed by atoms with Crippen LogP contribution in [0.4, 0.5) is 4.79 Å². The molecule has 0 rings (SSSR count). The summed E-state index contributed by atoms with van der Waals surface area (Å²) in [6, 6.07) is -0.741. The Morgan fingerprint density at radius 3 is 2.31 bits per heavy atom. The molecule has 0 spiro atoms. The van der Waals surface area contributed by atoms with Gasteiger partial charge in [0.25, 0.3) is 0 Å². The van der Waals surface area contributed by atoms with Crippen molar-refractivity contribution in [1.82, 2.24) is 16.0 Å². The van der Waals surface area contributed by atoms with Gasteiger partial charge in [-0.3, -0.25) is 14.9 Å². The van der Waals surface area contributed by atoms with E-state index in [2.05, 4.69) is 10.6 Å². The molecule has 6 nitrogen and oxygen atoms in total. The number of likely N-dealkylation sites (N-methyl/N-ethyl adjacent to an activating group) is 1. The van der Waals surface area contributed by atoms with Crippen molar-refractivity contribution in [3.8, 4) is 0 Å². The standard InChI is InChI=1S/C6H10ClN3O3/c1-8-5(12)3-9-6(13)10-4(11)2-7/h2-3H2,1H3,(H,8,12)(H2,9,10,11,13). The SMILES string of the molecule is CNC(=O)CNC(=O)NC(=O)CCl. The normalized spacial score (nSPS) is 8.77. The molecule has 7 heteroatoms. The average Bonchev–Trinajstić information content (AvgIpc) is 2.13. The molecule has 0 fully saturated rings. The Kier molecular flexibility index (Phi) is 5.62. The van der Waals surface area contributed by atoms with E-state index < -0.39 is 11.9 Å². The summed E-state index contributed by atoms with van der Waals surface area (Å²) in [5, 5.41) is 6.36.